The highest BCUT2D eigenvalue weighted by atomic mass is 35.5. The number of hydrogen-bond donors (Lipinski definition) is 0. The SMILES string of the molecule is Cc1ccc(N2C(=O)[C@H](N3C(=O)c4ccccc4C3=O)[C@@H]2c2ccc(N(C)C)cc2)cc1Cl. The summed E-state index contributed by atoms with van der Waals surface area (Å²) in [5.74, 6) is -1.19. The molecule has 0 aliphatic carbocycles. The average molecular weight is 460 g/mol. The number of nitrogens with zero attached hydrogens (tertiary/aromatic N) is 3. The zero-order valence-corrected chi connectivity index (χ0v) is 19.2. The van der Waals surface area contributed by atoms with Gasteiger partial charge in [0.05, 0.1) is 17.2 Å². The Bertz CT molecular complexity index is 1270. The van der Waals surface area contributed by atoms with Crippen LogP contribution in [0.5, 0.6) is 0 Å². The Hall–Kier alpha value is -3.64. The van der Waals surface area contributed by atoms with Crippen molar-refractivity contribution in [1.29, 1.82) is 0 Å². The number of β-lactam (4-membered cyclic amide) rings is 1. The molecule has 1 saturated heterocycles. The smallest absolute Gasteiger partial charge is 0.262 e. The van der Waals surface area contributed by atoms with Gasteiger partial charge in [-0.25, -0.2) is 0 Å². The molecular formula is C26H22ClN3O3. The van der Waals surface area contributed by atoms with Gasteiger partial charge < -0.3 is 9.80 Å². The first-order valence-electron chi connectivity index (χ1n) is 10.6. The number of anilines is 2. The van der Waals surface area contributed by atoms with Crippen molar-refractivity contribution in [2.24, 2.45) is 0 Å². The number of amides is 3. The summed E-state index contributed by atoms with van der Waals surface area (Å²) in [7, 11) is 3.90. The molecule has 166 valence electrons. The number of fused-ring (bicyclic) bond motifs is 1. The van der Waals surface area contributed by atoms with Crippen LogP contribution in [0.25, 0.3) is 0 Å². The van der Waals surface area contributed by atoms with Gasteiger partial charge >= 0.3 is 0 Å². The van der Waals surface area contributed by atoms with Crippen LogP contribution >= 0.6 is 11.6 Å². The van der Waals surface area contributed by atoms with Gasteiger partial charge in [-0.3, -0.25) is 19.3 Å². The molecule has 0 bridgehead atoms. The Morgan fingerprint density at radius 1 is 0.788 bits per heavy atom. The number of carbonyl (C=O) groups excluding carboxylic acids is 3. The molecule has 2 atom stereocenters. The minimum Gasteiger partial charge on any atom is -0.378 e. The molecule has 3 aromatic rings. The van der Waals surface area contributed by atoms with Crippen LogP contribution in [0.15, 0.2) is 66.7 Å². The van der Waals surface area contributed by atoms with Crippen molar-refractivity contribution >= 4 is 40.7 Å². The summed E-state index contributed by atoms with van der Waals surface area (Å²) in [4.78, 5) is 44.5. The van der Waals surface area contributed by atoms with Crippen LogP contribution in [0.1, 0.15) is 37.9 Å². The van der Waals surface area contributed by atoms with Crippen molar-refractivity contribution in [3.63, 3.8) is 0 Å². The van der Waals surface area contributed by atoms with Gasteiger partial charge in [0.2, 0.25) is 0 Å². The maximum Gasteiger partial charge on any atom is 0.262 e. The normalized spacial score (nSPS) is 19.6. The number of benzene rings is 3. The van der Waals surface area contributed by atoms with Gasteiger partial charge in [-0.05, 0) is 54.4 Å². The molecule has 0 radical (unpaired) electrons. The van der Waals surface area contributed by atoms with Crippen molar-refractivity contribution in [1.82, 2.24) is 4.90 Å². The van der Waals surface area contributed by atoms with Crippen molar-refractivity contribution in [2.45, 2.75) is 19.0 Å². The quantitative estimate of drug-likeness (QED) is 0.426. The van der Waals surface area contributed by atoms with Crippen LogP contribution in [0, 0.1) is 6.92 Å². The van der Waals surface area contributed by atoms with Gasteiger partial charge in [-0.2, -0.15) is 0 Å². The highest BCUT2D eigenvalue weighted by molar-refractivity contribution is 6.32. The second-order valence-corrected chi connectivity index (χ2v) is 8.95. The number of carbonyl (C=O) groups is 3. The summed E-state index contributed by atoms with van der Waals surface area (Å²) in [6.07, 6.45) is 0. The first kappa shape index (κ1) is 21.2. The number of rotatable bonds is 4. The van der Waals surface area contributed by atoms with Gasteiger partial charge in [0, 0.05) is 30.5 Å². The molecule has 2 heterocycles. The molecule has 1 fully saturated rings. The fraction of sp³-hybridized carbons (Fsp3) is 0.192. The molecule has 0 saturated carbocycles. The maximum absolute atomic E-state index is 13.5. The van der Waals surface area contributed by atoms with Crippen molar-refractivity contribution in [3.05, 3.63) is 94.0 Å². The van der Waals surface area contributed by atoms with E-state index in [1.165, 1.54) is 0 Å². The van der Waals surface area contributed by atoms with Gasteiger partial charge in [0.1, 0.15) is 6.04 Å². The van der Waals surface area contributed by atoms with E-state index >= 15 is 0 Å². The standard InChI is InChI=1S/C26H22ClN3O3/c1-15-8-11-18(14-21(15)27)29-22(16-9-12-17(13-10-16)28(2)3)23(26(29)33)30-24(31)19-6-4-5-7-20(19)25(30)32/h4-14,22-23H,1-3H3/t22-,23+/m0/s1. The van der Waals surface area contributed by atoms with Gasteiger partial charge in [0.15, 0.2) is 0 Å². The summed E-state index contributed by atoms with van der Waals surface area (Å²) in [5.41, 5.74) is 4.02. The Balaban J connectivity index is 1.59. The third kappa shape index (κ3) is 3.21. The van der Waals surface area contributed by atoms with E-state index in [0.717, 1.165) is 21.7 Å². The first-order chi connectivity index (χ1) is 15.8. The summed E-state index contributed by atoms with van der Waals surface area (Å²) in [6.45, 7) is 1.89. The predicted molar refractivity (Wildman–Crippen MR) is 128 cm³/mol. The zero-order valence-electron chi connectivity index (χ0n) is 18.4. The first-order valence-corrected chi connectivity index (χ1v) is 11.0. The maximum atomic E-state index is 13.5. The molecule has 0 aromatic heterocycles. The Labute approximate surface area is 197 Å². The molecule has 6 nitrogen and oxygen atoms in total. The lowest BCUT2D eigenvalue weighted by molar-refractivity contribution is -0.130. The van der Waals surface area contributed by atoms with Gasteiger partial charge in [-0.15, -0.1) is 0 Å². The van der Waals surface area contributed by atoms with Crippen molar-refractivity contribution in [2.75, 3.05) is 23.9 Å². The molecule has 2 aliphatic heterocycles. The van der Waals surface area contributed by atoms with Crippen LogP contribution in [0.3, 0.4) is 0 Å². The second-order valence-electron chi connectivity index (χ2n) is 8.54. The average Bonchev–Trinajstić information content (AvgIpc) is 3.05. The number of imide groups is 1. The number of aryl methyl sites for hydroxylation is 1. The van der Waals surface area contributed by atoms with E-state index < -0.39 is 23.9 Å². The molecule has 7 heteroatoms. The fourth-order valence-corrected chi connectivity index (χ4v) is 4.68. The minimum atomic E-state index is -0.928. The predicted octanol–water partition coefficient (Wildman–Crippen LogP) is 4.47. The summed E-state index contributed by atoms with van der Waals surface area (Å²) in [6, 6.07) is 18.4. The zero-order chi connectivity index (χ0) is 23.4. The minimum absolute atomic E-state index is 0.314. The van der Waals surface area contributed by atoms with Crippen molar-refractivity contribution < 1.29 is 14.4 Å². The summed E-state index contributed by atoms with van der Waals surface area (Å²) in [5, 5.41) is 0.547. The molecule has 3 aromatic carbocycles. The molecule has 0 spiro atoms. The van der Waals surface area contributed by atoms with Crippen LogP contribution in [-0.2, 0) is 4.79 Å². The van der Waals surface area contributed by atoms with Crippen LogP contribution in [0.2, 0.25) is 5.02 Å². The molecule has 3 amide bonds. The van der Waals surface area contributed by atoms with Crippen LogP contribution in [-0.4, -0.2) is 42.8 Å². The second kappa shape index (κ2) is 7.74. The Morgan fingerprint density at radius 2 is 1.39 bits per heavy atom. The van der Waals surface area contributed by atoms with Crippen molar-refractivity contribution in [3.8, 4) is 0 Å². The number of halogens is 1. The van der Waals surface area contributed by atoms with E-state index in [9.17, 15) is 14.4 Å². The third-order valence-corrected chi connectivity index (χ3v) is 6.76. The molecular weight excluding hydrogens is 438 g/mol. The van der Waals surface area contributed by atoms with E-state index in [-0.39, 0.29) is 5.91 Å². The van der Waals surface area contributed by atoms with E-state index in [1.54, 1.807) is 35.2 Å². The molecule has 33 heavy (non-hydrogen) atoms. The lowest BCUT2D eigenvalue weighted by Crippen LogP contribution is -2.67. The molecule has 0 unspecified atom stereocenters. The highest BCUT2D eigenvalue weighted by Gasteiger charge is 2.57. The Kier molecular flexibility index (Phi) is 4.98. The van der Waals surface area contributed by atoms with Crippen LogP contribution in [0.4, 0.5) is 11.4 Å². The van der Waals surface area contributed by atoms with Gasteiger partial charge in [0.25, 0.3) is 17.7 Å². The fourth-order valence-electron chi connectivity index (χ4n) is 4.51. The summed E-state index contributed by atoms with van der Waals surface area (Å²) < 4.78 is 0. The van der Waals surface area contributed by atoms with Gasteiger partial charge in [-0.1, -0.05) is 41.9 Å². The summed E-state index contributed by atoms with van der Waals surface area (Å²) >= 11 is 6.34. The number of hydrogen-bond acceptors (Lipinski definition) is 4. The van der Waals surface area contributed by atoms with E-state index in [1.807, 2.05) is 62.3 Å². The third-order valence-electron chi connectivity index (χ3n) is 6.36. The lowest BCUT2D eigenvalue weighted by atomic mass is 9.86. The topological polar surface area (TPSA) is 60.9 Å². The molecule has 5 rings (SSSR count). The highest BCUT2D eigenvalue weighted by Crippen LogP contribution is 2.45. The van der Waals surface area contributed by atoms with Crippen LogP contribution < -0.4 is 9.80 Å². The van der Waals surface area contributed by atoms with E-state index in [0.29, 0.717) is 21.8 Å². The molecule has 0 N–H and O–H groups in total. The molecule has 2 aliphatic rings. The monoisotopic (exact) mass is 459 g/mol. The largest absolute Gasteiger partial charge is 0.378 e. The Morgan fingerprint density at radius 3 is 1.94 bits per heavy atom. The van der Waals surface area contributed by atoms with E-state index in [2.05, 4.69) is 0 Å². The van der Waals surface area contributed by atoms with E-state index in [4.69, 9.17) is 11.6 Å². The lowest BCUT2D eigenvalue weighted by Gasteiger charge is -2.50.